The van der Waals surface area contributed by atoms with Crippen LogP contribution in [0.15, 0.2) is 42.5 Å². The smallest absolute Gasteiger partial charge is 0.253 e. The van der Waals surface area contributed by atoms with Crippen LogP contribution in [0.2, 0.25) is 0 Å². The molecule has 2 aromatic carbocycles. The number of carbonyl (C=O) groups is 1. The van der Waals surface area contributed by atoms with Gasteiger partial charge in [-0.2, -0.15) is 0 Å². The van der Waals surface area contributed by atoms with Crippen molar-refractivity contribution in [3.8, 4) is 11.5 Å². The van der Waals surface area contributed by atoms with Crippen molar-refractivity contribution in [1.29, 1.82) is 0 Å². The Bertz CT molecular complexity index is 863. The molecule has 168 valence electrons. The van der Waals surface area contributed by atoms with Gasteiger partial charge in [-0.25, -0.2) is 0 Å². The zero-order valence-corrected chi connectivity index (χ0v) is 19.6. The summed E-state index contributed by atoms with van der Waals surface area (Å²) in [5, 5.41) is 0. The van der Waals surface area contributed by atoms with Crippen molar-refractivity contribution in [2.75, 3.05) is 39.3 Å². The highest BCUT2D eigenvalue weighted by Crippen LogP contribution is 2.26. The van der Waals surface area contributed by atoms with Gasteiger partial charge >= 0.3 is 0 Å². The van der Waals surface area contributed by atoms with Crippen molar-refractivity contribution >= 4 is 5.91 Å². The highest BCUT2D eigenvalue weighted by Gasteiger charge is 2.22. The lowest BCUT2D eigenvalue weighted by molar-refractivity contribution is 0.0643. The molecule has 0 radical (unpaired) electrons. The van der Waals surface area contributed by atoms with Gasteiger partial charge in [0, 0.05) is 37.3 Å². The van der Waals surface area contributed by atoms with E-state index in [-0.39, 0.29) is 11.3 Å². The number of hydrogen-bond donors (Lipinski definition) is 0. The van der Waals surface area contributed by atoms with Crippen molar-refractivity contribution in [2.45, 2.75) is 46.6 Å². The maximum absolute atomic E-state index is 13.0. The summed E-state index contributed by atoms with van der Waals surface area (Å²) >= 11 is 0. The SMILES string of the molecule is CCOc1ccc(C(=O)N2CCN(CC)CC2)cc1COc1ccc(C(C)(C)C)cc1. The molecule has 0 unspecified atom stereocenters. The van der Waals surface area contributed by atoms with E-state index in [9.17, 15) is 4.79 Å². The Balaban J connectivity index is 1.72. The minimum Gasteiger partial charge on any atom is -0.493 e. The quantitative estimate of drug-likeness (QED) is 0.644. The first-order valence-electron chi connectivity index (χ1n) is 11.3. The fourth-order valence-corrected chi connectivity index (χ4v) is 3.78. The first kappa shape index (κ1) is 23.1. The van der Waals surface area contributed by atoms with E-state index in [1.807, 2.05) is 42.2 Å². The fourth-order valence-electron chi connectivity index (χ4n) is 3.78. The second-order valence-corrected chi connectivity index (χ2v) is 9.05. The highest BCUT2D eigenvalue weighted by atomic mass is 16.5. The van der Waals surface area contributed by atoms with Crippen LogP contribution in [-0.2, 0) is 12.0 Å². The summed E-state index contributed by atoms with van der Waals surface area (Å²) in [6.45, 7) is 16.1. The minimum absolute atomic E-state index is 0.0783. The third-order valence-electron chi connectivity index (χ3n) is 5.83. The van der Waals surface area contributed by atoms with Gasteiger partial charge < -0.3 is 19.3 Å². The Labute approximate surface area is 187 Å². The summed E-state index contributed by atoms with van der Waals surface area (Å²) in [4.78, 5) is 17.4. The van der Waals surface area contributed by atoms with Crippen LogP contribution in [0.1, 0.15) is 56.1 Å². The van der Waals surface area contributed by atoms with Gasteiger partial charge in [0.05, 0.1) is 6.61 Å². The summed E-state index contributed by atoms with van der Waals surface area (Å²) < 4.78 is 11.8. The van der Waals surface area contributed by atoms with Crippen molar-refractivity contribution in [3.05, 3.63) is 59.2 Å². The van der Waals surface area contributed by atoms with Crippen LogP contribution in [0.4, 0.5) is 0 Å². The molecule has 0 aromatic heterocycles. The molecule has 0 bridgehead atoms. The molecular formula is C26H36N2O3. The van der Waals surface area contributed by atoms with E-state index >= 15 is 0 Å². The lowest BCUT2D eigenvalue weighted by Gasteiger charge is -2.34. The summed E-state index contributed by atoms with van der Waals surface area (Å²) in [6, 6.07) is 13.9. The van der Waals surface area contributed by atoms with Crippen LogP contribution in [0.25, 0.3) is 0 Å². The van der Waals surface area contributed by atoms with E-state index in [2.05, 4.69) is 44.7 Å². The lowest BCUT2D eigenvalue weighted by atomic mass is 9.87. The molecule has 1 aliphatic rings. The number of amides is 1. The van der Waals surface area contributed by atoms with Gasteiger partial charge in [0.15, 0.2) is 0 Å². The molecule has 31 heavy (non-hydrogen) atoms. The van der Waals surface area contributed by atoms with Gasteiger partial charge in [0.1, 0.15) is 18.1 Å². The highest BCUT2D eigenvalue weighted by molar-refractivity contribution is 5.94. The van der Waals surface area contributed by atoms with Crippen molar-refractivity contribution in [1.82, 2.24) is 9.80 Å². The zero-order valence-electron chi connectivity index (χ0n) is 19.6. The van der Waals surface area contributed by atoms with E-state index in [1.54, 1.807) is 0 Å². The van der Waals surface area contributed by atoms with E-state index < -0.39 is 0 Å². The molecule has 5 nitrogen and oxygen atoms in total. The summed E-state index contributed by atoms with van der Waals surface area (Å²) in [6.07, 6.45) is 0. The van der Waals surface area contributed by atoms with Crippen molar-refractivity contribution in [3.63, 3.8) is 0 Å². The molecule has 3 rings (SSSR count). The third kappa shape index (κ3) is 6.01. The van der Waals surface area contributed by atoms with Gasteiger partial charge in [-0.15, -0.1) is 0 Å². The Hall–Kier alpha value is -2.53. The van der Waals surface area contributed by atoms with Crippen LogP contribution >= 0.6 is 0 Å². The average Bonchev–Trinajstić information content (AvgIpc) is 2.78. The number of rotatable bonds is 7. The van der Waals surface area contributed by atoms with Crippen molar-refractivity contribution in [2.24, 2.45) is 0 Å². The molecule has 1 heterocycles. The number of benzene rings is 2. The summed E-state index contributed by atoms with van der Waals surface area (Å²) in [5.74, 6) is 1.65. The number of piperazine rings is 1. The largest absolute Gasteiger partial charge is 0.493 e. The van der Waals surface area contributed by atoms with Crippen LogP contribution in [-0.4, -0.2) is 55.0 Å². The number of hydrogen-bond acceptors (Lipinski definition) is 4. The summed E-state index contributed by atoms with van der Waals surface area (Å²) in [7, 11) is 0. The molecule has 1 fully saturated rings. The van der Waals surface area contributed by atoms with Crippen LogP contribution in [0.5, 0.6) is 11.5 Å². The third-order valence-corrected chi connectivity index (χ3v) is 5.83. The molecule has 1 amide bonds. The van der Waals surface area contributed by atoms with Gasteiger partial charge in [-0.3, -0.25) is 4.79 Å². The Morgan fingerprint density at radius 1 is 0.935 bits per heavy atom. The normalized spacial score (nSPS) is 15.1. The average molecular weight is 425 g/mol. The Morgan fingerprint density at radius 3 is 2.19 bits per heavy atom. The number of ether oxygens (including phenoxy) is 2. The van der Waals surface area contributed by atoms with Gasteiger partial charge in [-0.05, 0) is 54.8 Å². The van der Waals surface area contributed by atoms with Gasteiger partial charge in [0.25, 0.3) is 5.91 Å². The standard InChI is InChI=1S/C26H36N2O3/c1-6-27-14-16-28(17-15-27)25(29)20-8-13-24(30-7-2)21(18-20)19-31-23-11-9-22(10-12-23)26(3,4)5/h8-13,18H,6-7,14-17,19H2,1-5H3. The Morgan fingerprint density at radius 2 is 1.61 bits per heavy atom. The molecule has 2 aromatic rings. The Kier molecular flexibility index (Phi) is 7.60. The van der Waals surface area contributed by atoms with Gasteiger partial charge in [-0.1, -0.05) is 39.8 Å². The zero-order chi connectivity index (χ0) is 22.4. The van der Waals surface area contributed by atoms with Crippen LogP contribution in [0, 0.1) is 0 Å². The molecule has 0 N–H and O–H groups in total. The molecule has 0 atom stereocenters. The molecule has 5 heteroatoms. The van der Waals surface area contributed by atoms with Crippen LogP contribution < -0.4 is 9.47 Å². The molecule has 0 aliphatic carbocycles. The first-order chi connectivity index (χ1) is 14.8. The van der Waals surface area contributed by atoms with Crippen molar-refractivity contribution < 1.29 is 14.3 Å². The van der Waals surface area contributed by atoms with E-state index in [0.29, 0.717) is 18.8 Å². The summed E-state index contributed by atoms with van der Waals surface area (Å²) in [5.41, 5.74) is 2.96. The monoisotopic (exact) mass is 424 g/mol. The number of carbonyl (C=O) groups excluding carboxylic acids is 1. The predicted molar refractivity (Wildman–Crippen MR) is 125 cm³/mol. The minimum atomic E-state index is 0.0783. The maximum atomic E-state index is 13.0. The topological polar surface area (TPSA) is 42.0 Å². The molecule has 1 aliphatic heterocycles. The molecular weight excluding hydrogens is 388 g/mol. The van der Waals surface area contributed by atoms with Gasteiger partial charge in [0.2, 0.25) is 0 Å². The lowest BCUT2D eigenvalue weighted by Crippen LogP contribution is -2.48. The predicted octanol–water partition coefficient (Wildman–Crippen LogP) is 4.74. The first-order valence-corrected chi connectivity index (χ1v) is 11.3. The van der Waals surface area contributed by atoms with E-state index in [4.69, 9.17) is 9.47 Å². The maximum Gasteiger partial charge on any atom is 0.253 e. The fraction of sp³-hybridized carbons (Fsp3) is 0.500. The second kappa shape index (κ2) is 10.2. The van der Waals surface area contributed by atoms with E-state index in [1.165, 1.54) is 5.56 Å². The van der Waals surface area contributed by atoms with E-state index in [0.717, 1.165) is 49.8 Å². The van der Waals surface area contributed by atoms with Crippen LogP contribution in [0.3, 0.4) is 0 Å². The second-order valence-electron chi connectivity index (χ2n) is 9.05. The molecule has 0 saturated carbocycles. The number of likely N-dealkylation sites (N-methyl/N-ethyl adjacent to an activating group) is 1. The number of nitrogens with zero attached hydrogens (tertiary/aromatic N) is 2. The molecule has 0 spiro atoms. The molecule has 1 saturated heterocycles.